The molecular weight excluding hydrogens is 276 g/mol. The third-order valence-electron chi connectivity index (χ3n) is 3.53. The summed E-state index contributed by atoms with van der Waals surface area (Å²) in [6.45, 7) is 5.21. The van der Waals surface area contributed by atoms with E-state index in [1.165, 1.54) is 6.92 Å². The molecule has 0 aliphatic carbocycles. The van der Waals surface area contributed by atoms with Crippen LogP contribution in [0.2, 0.25) is 5.02 Å². The third-order valence-corrected chi connectivity index (χ3v) is 3.86. The van der Waals surface area contributed by atoms with Crippen LogP contribution in [0.15, 0.2) is 24.3 Å². The van der Waals surface area contributed by atoms with Crippen molar-refractivity contribution < 1.29 is 14.4 Å². The molecule has 0 radical (unpaired) electrons. The lowest BCUT2D eigenvalue weighted by molar-refractivity contribution is -0.130. The molecule has 0 saturated carbocycles. The Balaban J connectivity index is 2.77. The highest BCUT2D eigenvalue weighted by Crippen LogP contribution is 2.20. The van der Waals surface area contributed by atoms with Crippen LogP contribution < -0.4 is 0 Å². The summed E-state index contributed by atoms with van der Waals surface area (Å²) in [5, 5.41) is 0.324. The zero-order valence-electron chi connectivity index (χ0n) is 12.0. The number of benzene rings is 1. The van der Waals surface area contributed by atoms with Crippen LogP contribution >= 0.6 is 11.6 Å². The number of carbonyl (C=O) groups excluding carboxylic acids is 3. The molecule has 0 amide bonds. The molecule has 0 N–H and O–H groups in total. The van der Waals surface area contributed by atoms with E-state index >= 15 is 0 Å². The van der Waals surface area contributed by atoms with E-state index < -0.39 is 5.92 Å². The topological polar surface area (TPSA) is 51.2 Å². The molecule has 1 aromatic rings. The van der Waals surface area contributed by atoms with Gasteiger partial charge in [-0.3, -0.25) is 14.4 Å². The molecule has 1 rings (SSSR count). The van der Waals surface area contributed by atoms with E-state index in [4.69, 9.17) is 11.6 Å². The Kier molecular flexibility index (Phi) is 6.08. The summed E-state index contributed by atoms with van der Waals surface area (Å²) < 4.78 is 0. The van der Waals surface area contributed by atoms with Gasteiger partial charge in [-0.05, 0) is 25.5 Å². The van der Waals surface area contributed by atoms with Crippen LogP contribution in [0.4, 0.5) is 0 Å². The monoisotopic (exact) mass is 294 g/mol. The first-order valence-corrected chi connectivity index (χ1v) is 7.10. The van der Waals surface area contributed by atoms with Crippen molar-refractivity contribution in [3.63, 3.8) is 0 Å². The van der Waals surface area contributed by atoms with Gasteiger partial charge in [0.1, 0.15) is 5.78 Å². The molecule has 0 heterocycles. The Hall–Kier alpha value is -1.48. The summed E-state index contributed by atoms with van der Waals surface area (Å²) in [6, 6.07) is 6.61. The number of Topliss-reactive ketones (excluding diaryl/α,β-unsaturated/α-hetero) is 3. The van der Waals surface area contributed by atoms with E-state index in [9.17, 15) is 14.4 Å². The first-order valence-electron chi connectivity index (χ1n) is 6.72. The summed E-state index contributed by atoms with van der Waals surface area (Å²) in [4.78, 5) is 36.0. The number of halogens is 1. The van der Waals surface area contributed by atoms with Crippen LogP contribution in [-0.2, 0) is 9.59 Å². The van der Waals surface area contributed by atoms with Crippen LogP contribution in [0.1, 0.15) is 44.0 Å². The molecule has 0 bridgehead atoms. The van der Waals surface area contributed by atoms with Gasteiger partial charge in [-0.1, -0.05) is 37.6 Å². The maximum atomic E-state index is 12.2. The minimum absolute atomic E-state index is 0.115. The van der Waals surface area contributed by atoms with Crippen LogP contribution in [0.3, 0.4) is 0 Å². The highest BCUT2D eigenvalue weighted by molar-refractivity contribution is 6.34. The summed E-state index contributed by atoms with van der Waals surface area (Å²) in [6.07, 6.45) is 0.505. The van der Waals surface area contributed by atoms with Crippen LogP contribution in [0.5, 0.6) is 0 Å². The summed E-state index contributed by atoms with van der Waals surface area (Å²) in [5.74, 6) is -1.79. The van der Waals surface area contributed by atoms with Gasteiger partial charge in [0.15, 0.2) is 11.6 Å². The second-order valence-electron chi connectivity index (χ2n) is 4.98. The van der Waals surface area contributed by atoms with Crippen LogP contribution in [0, 0.1) is 11.8 Å². The predicted octanol–water partition coefficient (Wildman–Crippen LogP) is 3.73. The van der Waals surface area contributed by atoms with Gasteiger partial charge in [0.25, 0.3) is 0 Å². The summed E-state index contributed by atoms with van der Waals surface area (Å²) in [5.41, 5.74) is 0.325. The second-order valence-corrected chi connectivity index (χ2v) is 5.39. The Morgan fingerprint density at radius 1 is 1.10 bits per heavy atom. The molecule has 0 saturated heterocycles. The minimum atomic E-state index is -0.845. The normalized spacial score (nSPS) is 13.6. The summed E-state index contributed by atoms with van der Waals surface area (Å²) in [7, 11) is 0. The van der Waals surface area contributed by atoms with Gasteiger partial charge in [-0.2, -0.15) is 0 Å². The van der Waals surface area contributed by atoms with E-state index in [0.717, 1.165) is 0 Å². The molecule has 3 nitrogen and oxygen atoms in total. The van der Waals surface area contributed by atoms with E-state index in [0.29, 0.717) is 17.0 Å². The van der Waals surface area contributed by atoms with Crippen molar-refractivity contribution in [3.05, 3.63) is 34.9 Å². The molecule has 0 aliphatic heterocycles. The number of hydrogen-bond donors (Lipinski definition) is 0. The maximum absolute atomic E-state index is 12.2. The van der Waals surface area contributed by atoms with Gasteiger partial charge in [-0.25, -0.2) is 0 Å². The SMILES string of the molecule is CCC(C)C(=O)CC(=O)C(C)C(=O)c1ccccc1Cl. The third kappa shape index (κ3) is 4.01. The van der Waals surface area contributed by atoms with Crippen molar-refractivity contribution in [2.24, 2.45) is 11.8 Å². The Morgan fingerprint density at radius 3 is 2.25 bits per heavy atom. The molecule has 0 fully saturated rings. The van der Waals surface area contributed by atoms with E-state index in [1.54, 1.807) is 31.2 Å². The van der Waals surface area contributed by atoms with Gasteiger partial charge in [-0.15, -0.1) is 0 Å². The highest BCUT2D eigenvalue weighted by Gasteiger charge is 2.26. The van der Waals surface area contributed by atoms with E-state index in [1.807, 2.05) is 6.92 Å². The molecule has 108 valence electrons. The Labute approximate surface area is 124 Å². The molecule has 2 unspecified atom stereocenters. The largest absolute Gasteiger partial charge is 0.299 e. The van der Waals surface area contributed by atoms with Crippen molar-refractivity contribution in [1.29, 1.82) is 0 Å². The predicted molar refractivity (Wildman–Crippen MR) is 79.0 cm³/mol. The van der Waals surface area contributed by atoms with Crippen molar-refractivity contribution in [1.82, 2.24) is 0 Å². The van der Waals surface area contributed by atoms with Gasteiger partial charge < -0.3 is 0 Å². The fraction of sp³-hybridized carbons (Fsp3) is 0.438. The molecule has 0 aromatic heterocycles. The molecule has 4 heteroatoms. The van der Waals surface area contributed by atoms with Gasteiger partial charge >= 0.3 is 0 Å². The number of rotatable bonds is 7. The Morgan fingerprint density at radius 2 is 1.70 bits per heavy atom. The molecule has 0 spiro atoms. The van der Waals surface area contributed by atoms with Crippen molar-refractivity contribution in [2.75, 3.05) is 0 Å². The van der Waals surface area contributed by atoms with Gasteiger partial charge in [0, 0.05) is 11.5 Å². The first-order chi connectivity index (χ1) is 9.38. The second kappa shape index (κ2) is 7.34. The molecule has 1 aromatic carbocycles. The molecular formula is C16H19ClO3. The molecule has 2 atom stereocenters. The quantitative estimate of drug-likeness (QED) is 0.569. The number of hydrogen-bond acceptors (Lipinski definition) is 3. The van der Waals surface area contributed by atoms with E-state index in [-0.39, 0.29) is 29.7 Å². The average molecular weight is 295 g/mol. The lowest BCUT2D eigenvalue weighted by Gasteiger charge is -2.12. The van der Waals surface area contributed by atoms with Crippen LogP contribution in [0.25, 0.3) is 0 Å². The van der Waals surface area contributed by atoms with E-state index in [2.05, 4.69) is 0 Å². The Bertz CT molecular complexity index is 522. The zero-order chi connectivity index (χ0) is 15.3. The van der Waals surface area contributed by atoms with Gasteiger partial charge in [0.05, 0.1) is 17.4 Å². The van der Waals surface area contributed by atoms with Crippen molar-refractivity contribution >= 4 is 29.0 Å². The summed E-state index contributed by atoms with van der Waals surface area (Å²) >= 11 is 5.95. The number of carbonyl (C=O) groups is 3. The minimum Gasteiger partial charge on any atom is -0.299 e. The van der Waals surface area contributed by atoms with Crippen molar-refractivity contribution in [3.8, 4) is 0 Å². The standard InChI is InChI=1S/C16H19ClO3/c1-4-10(2)14(18)9-15(19)11(3)16(20)12-7-5-6-8-13(12)17/h5-8,10-11H,4,9H2,1-3H3. The van der Waals surface area contributed by atoms with Crippen molar-refractivity contribution in [2.45, 2.75) is 33.6 Å². The zero-order valence-corrected chi connectivity index (χ0v) is 12.7. The molecule has 20 heavy (non-hydrogen) atoms. The fourth-order valence-corrected chi connectivity index (χ4v) is 2.00. The van der Waals surface area contributed by atoms with Gasteiger partial charge in [0.2, 0.25) is 0 Å². The smallest absolute Gasteiger partial charge is 0.174 e. The first kappa shape index (κ1) is 16.6. The fourth-order valence-electron chi connectivity index (χ4n) is 1.77. The average Bonchev–Trinajstić information content (AvgIpc) is 2.45. The lowest BCUT2D eigenvalue weighted by atomic mass is 9.90. The van der Waals surface area contributed by atoms with Crippen LogP contribution in [-0.4, -0.2) is 17.3 Å². The number of ketones is 3. The lowest BCUT2D eigenvalue weighted by Crippen LogP contribution is -2.25. The molecule has 0 aliphatic rings. The maximum Gasteiger partial charge on any atom is 0.174 e. The highest BCUT2D eigenvalue weighted by atomic mass is 35.5.